The first-order chi connectivity index (χ1) is 9.81. The highest BCUT2D eigenvalue weighted by molar-refractivity contribution is 5.46. The number of hydrogen-bond donors (Lipinski definition) is 1. The van der Waals surface area contributed by atoms with Gasteiger partial charge < -0.3 is 15.2 Å². The van der Waals surface area contributed by atoms with Crippen molar-refractivity contribution in [2.75, 3.05) is 12.8 Å². The molecule has 5 heteroatoms. The van der Waals surface area contributed by atoms with Crippen molar-refractivity contribution in [1.29, 1.82) is 0 Å². The monoisotopic (exact) mass is 287 g/mol. The highest BCUT2D eigenvalue weighted by atomic mass is 16.5. The lowest BCUT2D eigenvalue weighted by Crippen LogP contribution is -2.13. The highest BCUT2D eigenvalue weighted by Gasteiger charge is 2.21. The van der Waals surface area contributed by atoms with E-state index in [4.69, 9.17) is 15.2 Å². The molecule has 0 saturated heterocycles. The van der Waals surface area contributed by atoms with Crippen molar-refractivity contribution in [1.82, 2.24) is 9.97 Å². The Morgan fingerprint density at radius 3 is 2.52 bits per heavy atom. The van der Waals surface area contributed by atoms with E-state index in [9.17, 15) is 0 Å². The normalized spacial score (nSPS) is 11.3. The minimum atomic E-state index is -0.0870. The average Bonchev–Trinajstić information content (AvgIpc) is 2.42. The van der Waals surface area contributed by atoms with Gasteiger partial charge in [-0.1, -0.05) is 20.8 Å². The SMILES string of the molecule is COc1ccc(Oc2nc(N)ncc2C)c(C(C)(C)C)c1. The predicted octanol–water partition coefficient (Wildman–Crippen LogP) is 3.47. The van der Waals surface area contributed by atoms with Crippen LogP contribution in [-0.2, 0) is 5.41 Å². The van der Waals surface area contributed by atoms with E-state index >= 15 is 0 Å². The zero-order chi connectivity index (χ0) is 15.6. The summed E-state index contributed by atoms with van der Waals surface area (Å²) in [7, 11) is 1.65. The van der Waals surface area contributed by atoms with Crippen LogP contribution in [0.15, 0.2) is 24.4 Å². The van der Waals surface area contributed by atoms with Crippen molar-refractivity contribution in [3.8, 4) is 17.4 Å². The number of benzene rings is 1. The molecule has 0 saturated carbocycles. The molecule has 1 heterocycles. The lowest BCUT2D eigenvalue weighted by Gasteiger charge is -2.23. The van der Waals surface area contributed by atoms with E-state index in [1.165, 1.54) is 0 Å². The maximum Gasteiger partial charge on any atom is 0.226 e. The van der Waals surface area contributed by atoms with Crippen molar-refractivity contribution in [2.45, 2.75) is 33.1 Å². The summed E-state index contributed by atoms with van der Waals surface area (Å²) in [6.07, 6.45) is 1.65. The molecular weight excluding hydrogens is 266 g/mol. The number of rotatable bonds is 3. The van der Waals surface area contributed by atoms with Crippen molar-refractivity contribution in [2.24, 2.45) is 0 Å². The zero-order valence-electron chi connectivity index (χ0n) is 13.1. The van der Waals surface area contributed by atoms with Crippen LogP contribution in [0.4, 0.5) is 5.95 Å². The van der Waals surface area contributed by atoms with E-state index < -0.39 is 0 Å². The summed E-state index contributed by atoms with van der Waals surface area (Å²) in [5.74, 6) is 2.20. The van der Waals surface area contributed by atoms with Gasteiger partial charge in [-0.3, -0.25) is 0 Å². The fourth-order valence-corrected chi connectivity index (χ4v) is 1.96. The molecule has 5 nitrogen and oxygen atoms in total. The van der Waals surface area contributed by atoms with Crippen LogP contribution in [-0.4, -0.2) is 17.1 Å². The van der Waals surface area contributed by atoms with Crippen LogP contribution in [0.1, 0.15) is 31.9 Å². The van der Waals surface area contributed by atoms with Crippen LogP contribution in [0.25, 0.3) is 0 Å². The van der Waals surface area contributed by atoms with Crippen LogP contribution in [0.2, 0.25) is 0 Å². The molecule has 0 bridgehead atoms. The minimum absolute atomic E-state index is 0.0870. The van der Waals surface area contributed by atoms with Gasteiger partial charge in [0, 0.05) is 17.3 Å². The Labute approximate surface area is 125 Å². The molecule has 1 aromatic heterocycles. The first-order valence-corrected chi connectivity index (χ1v) is 6.77. The summed E-state index contributed by atoms with van der Waals surface area (Å²) < 4.78 is 11.3. The number of aromatic nitrogens is 2. The molecule has 0 radical (unpaired) electrons. The summed E-state index contributed by atoms with van der Waals surface area (Å²) in [5, 5.41) is 0. The van der Waals surface area contributed by atoms with Gasteiger partial charge >= 0.3 is 0 Å². The van der Waals surface area contributed by atoms with E-state index in [2.05, 4.69) is 30.7 Å². The number of hydrogen-bond acceptors (Lipinski definition) is 5. The average molecular weight is 287 g/mol. The summed E-state index contributed by atoms with van der Waals surface area (Å²) in [6, 6.07) is 5.73. The Hall–Kier alpha value is -2.30. The van der Waals surface area contributed by atoms with E-state index in [1.54, 1.807) is 13.3 Å². The molecule has 0 aliphatic carbocycles. The molecule has 0 atom stereocenters. The number of aryl methyl sites for hydroxylation is 1. The van der Waals surface area contributed by atoms with Gasteiger partial charge in [-0.05, 0) is 30.5 Å². The molecule has 112 valence electrons. The molecular formula is C16H21N3O2. The summed E-state index contributed by atoms with van der Waals surface area (Å²) in [6.45, 7) is 8.25. The van der Waals surface area contributed by atoms with Gasteiger partial charge in [-0.15, -0.1) is 0 Å². The van der Waals surface area contributed by atoms with Crippen LogP contribution in [0, 0.1) is 6.92 Å². The summed E-state index contributed by atoms with van der Waals surface area (Å²) >= 11 is 0. The number of nitrogens with two attached hydrogens (primary N) is 1. The third-order valence-electron chi connectivity index (χ3n) is 3.15. The van der Waals surface area contributed by atoms with Gasteiger partial charge in [0.25, 0.3) is 0 Å². The number of anilines is 1. The third-order valence-corrected chi connectivity index (χ3v) is 3.15. The molecule has 0 spiro atoms. The Morgan fingerprint density at radius 2 is 1.90 bits per heavy atom. The number of nitrogen functional groups attached to an aromatic ring is 1. The van der Waals surface area contributed by atoms with E-state index in [-0.39, 0.29) is 11.4 Å². The van der Waals surface area contributed by atoms with E-state index in [0.29, 0.717) is 5.88 Å². The first kappa shape index (κ1) is 15.1. The lowest BCUT2D eigenvalue weighted by molar-refractivity contribution is 0.404. The highest BCUT2D eigenvalue weighted by Crippen LogP contribution is 2.36. The summed E-state index contributed by atoms with van der Waals surface area (Å²) in [4.78, 5) is 8.09. The molecule has 2 rings (SSSR count). The van der Waals surface area contributed by atoms with Crippen LogP contribution < -0.4 is 15.2 Å². The first-order valence-electron chi connectivity index (χ1n) is 6.77. The van der Waals surface area contributed by atoms with Gasteiger partial charge in [0.1, 0.15) is 11.5 Å². The van der Waals surface area contributed by atoms with Crippen molar-refractivity contribution >= 4 is 5.95 Å². The van der Waals surface area contributed by atoms with Crippen LogP contribution >= 0.6 is 0 Å². The second kappa shape index (κ2) is 5.60. The molecule has 21 heavy (non-hydrogen) atoms. The number of ether oxygens (including phenoxy) is 2. The largest absolute Gasteiger partial charge is 0.497 e. The second-order valence-electron chi connectivity index (χ2n) is 5.93. The second-order valence-corrected chi connectivity index (χ2v) is 5.93. The molecule has 0 fully saturated rings. The standard InChI is InChI=1S/C16H21N3O2/c1-10-9-18-15(17)19-14(10)21-13-7-6-11(20-5)8-12(13)16(2,3)4/h6-9H,1-5H3,(H2,17,18,19). The molecule has 0 unspecified atom stereocenters. The van der Waals surface area contributed by atoms with Crippen LogP contribution in [0.3, 0.4) is 0 Å². The molecule has 2 N–H and O–H groups in total. The Kier molecular flexibility index (Phi) is 4.02. The predicted molar refractivity (Wildman–Crippen MR) is 82.9 cm³/mol. The van der Waals surface area contributed by atoms with Gasteiger partial charge in [0.15, 0.2) is 0 Å². The van der Waals surface area contributed by atoms with Gasteiger partial charge in [-0.2, -0.15) is 4.98 Å². The molecule has 0 aliphatic heterocycles. The molecule has 1 aromatic carbocycles. The molecule has 2 aromatic rings. The lowest BCUT2D eigenvalue weighted by atomic mass is 9.86. The summed E-state index contributed by atoms with van der Waals surface area (Å²) in [5.41, 5.74) is 7.41. The van der Waals surface area contributed by atoms with E-state index in [0.717, 1.165) is 22.6 Å². The van der Waals surface area contributed by atoms with E-state index in [1.807, 2.05) is 25.1 Å². The molecule has 0 amide bonds. The number of methoxy groups -OCH3 is 1. The van der Waals surface area contributed by atoms with Crippen molar-refractivity contribution in [3.63, 3.8) is 0 Å². The van der Waals surface area contributed by atoms with Crippen molar-refractivity contribution in [3.05, 3.63) is 35.5 Å². The van der Waals surface area contributed by atoms with Crippen molar-refractivity contribution < 1.29 is 9.47 Å². The van der Waals surface area contributed by atoms with Gasteiger partial charge in [0.05, 0.1) is 7.11 Å². The topological polar surface area (TPSA) is 70.3 Å². The Bertz CT molecular complexity index is 648. The minimum Gasteiger partial charge on any atom is -0.497 e. The maximum atomic E-state index is 5.96. The maximum absolute atomic E-state index is 5.96. The Balaban J connectivity index is 2.46. The number of nitrogens with zero attached hydrogens (tertiary/aromatic N) is 2. The quantitative estimate of drug-likeness (QED) is 0.936. The fraction of sp³-hybridized carbons (Fsp3) is 0.375. The zero-order valence-corrected chi connectivity index (χ0v) is 13.1. The van der Waals surface area contributed by atoms with Gasteiger partial charge in [-0.25, -0.2) is 4.98 Å². The smallest absolute Gasteiger partial charge is 0.226 e. The van der Waals surface area contributed by atoms with Gasteiger partial charge in [0.2, 0.25) is 11.8 Å². The van der Waals surface area contributed by atoms with Crippen LogP contribution in [0.5, 0.6) is 17.4 Å². The fourth-order valence-electron chi connectivity index (χ4n) is 1.96. The molecule has 0 aliphatic rings. The Morgan fingerprint density at radius 1 is 1.19 bits per heavy atom. The third kappa shape index (κ3) is 3.42.